The number of hydrogen-bond acceptors (Lipinski definition) is 4. The van der Waals surface area contributed by atoms with Crippen molar-refractivity contribution in [1.82, 2.24) is 4.98 Å². The van der Waals surface area contributed by atoms with E-state index in [9.17, 15) is 9.59 Å². The number of hydrogen-bond donors (Lipinski definition) is 0. The molecular weight excluding hydrogens is 306 g/mol. The van der Waals surface area contributed by atoms with Crippen LogP contribution in [0.3, 0.4) is 0 Å². The van der Waals surface area contributed by atoms with Gasteiger partial charge in [0.25, 0.3) is 0 Å². The van der Waals surface area contributed by atoms with Gasteiger partial charge in [0.15, 0.2) is 5.52 Å². The van der Waals surface area contributed by atoms with Gasteiger partial charge in [0.2, 0.25) is 5.69 Å². The molecule has 2 aromatic carbocycles. The van der Waals surface area contributed by atoms with Crippen LogP contribution in [0.2, 0.25) is 0 Å². The predicted molar refractivity (Wildman–Crippen MR) is 87.2 cm³/mol. The molecule has 2 amide bonds. The molecule has 0 N–H and O–H groups in total. The van der Waals surface area contributed by atoms with Crippen molar-refractivity contribution in [3.8, 4) is 5.75 Å². The molecule has 1 aliphatic heterocycles. The summed E-state index contributed by atoms with van der Waals surface area (Å²) in [5.74, 6) is 0.214. The number of imide groups is 1. The zero-order valence-corrected chi connectivity index (χ0v) is 13.0. The molecule has 118 valence electrons. The van der Waals surface area contributed by atoms with Gasteiger partial charge in [-0.2, -0.15) is 4.79 Å². The first-order valence-electron chi connectivity index (χ1n) is 7.62. The summed E-state index contributed by atoms with van der Waals surface area (Å²) in [7, 11) is 0. The number of nitrogens with zero attached hydrogens (tertiary/aromatic N) is 3. The summed E-state index contributed by atoms with van der Waals surface area (Å²) in [5, 5.41) is 0. The van der Waals surface area contributed by atoms with Crippen LogP contribution in [0.4, 0.5) is 10.5 Å². The molecular formula is C18H14N3O3+. The Morgan fingerprint density at radius 1 is 1.12 bits per heavy atom. The van der Waals surface area contributed by atoms with E-state index in [0.717, 1.165) is 4.90 Å². The van der Waals surface area contributed by atoms with Gasteiger partial charge in [-0.25, -0.2) is 9.78 Å². The average Bonchev–Trinajstić information content (AvgIpc) is 2.86. The van der Waals surface area contributed by atoms with Gasteiger partial charge < -0.3 is 4.74 Å². The summed E-state index contributed by atoms with van der Waals surface area (Å²) in [6, 6.07) is 13.8. The van der Waals surface area contributed by atoms with E-state index in [2.05, 4.69) is 4.98 Å². The third-order valence-electron chi connectivity index (χ3n) is 3.88. The maximum absolute atomic E-state index is 12.9. The summed E-state index contributed by atoms with van der Waals surface area (Å²) >= 11 is 0. The molecule has 2 heterocycles. The van der Waals surface area contributed by atoms with Gasteiger partial charge in [-0.3, -0.25) is 0 Å². The van der Waals surface area contributed by atoms with Crippen molar-refractivity contribution in [3.63, 3.8) is 0 Å². The standard InChI is InChI=1S/C18H14N3O3/c1-2-24-13-7-5-6-12(10-13)20-17(22)16-11-19-14-8-3-4-9-15(14)21(16)18(20)23/h3-11H,2H2,1H3/q+1. The average molecular weight is 320 g/mol. The third kappa shape index (κ3) is 2.04. The highest BCUT2D eigenvalue weighted by molar-refractivity contribution is 6.21. The number of carbonyl (C=O) groups is 2. The zero-order chi connectivity index (χ0) is 16.7. The number of ether oxygens (including phenoxy) is 1. The molecule has 6 nitrogen and oxygen atoms in total. The van der Waals surface area contributed by atoms with Crippen molar-refractivity contribution in [1.29, 1.82) is 0 Å². The molecule has 0 aliphatic carbocycles. The summed E-state index contributed by atoms with van der Waals surface area (Å²) in [4.78, 5) is 31.0. The molecule has 0 radical (unpaired) electrons. The lowest BCUT2D eigenvalue weighted by molar-refractivity contribution is -0.537. The van der Waals surface area contributed by atoms with E-state index >= 15 is 0 Å². The van der Waals surface area contributed by atoms with E-state index in [1.165, 1.54) is 10.8 Å². The lowest BCUT2D eigenvalue weighted by atomic mass is 10.2. The van der Waals surface area contributed by atoms with Crippen molar-refractivity contribution in [2.75, 3.05) is 11.5 Å². The maximum Gasteiger partial charge on any atom is 0.512 e. The molecule has 24 heavy (non-hydrogen) atoms. The van der Waals surface area contributed by atoms with Gasteiger partial charge in [-0.15, -0.1) is 9.47 Å². The van der Waals surface area contributed by atoms with Crippen molar-refractivity contribution < 1.29 is 18.9 Å². The summed E-state index contributed by atoms with van der Waals surface area (Å²) in [5.41, 5.74) is 1.99. The van der Waals surface area contributed by atoms with E-state index in [1.54, 1.807) is 36.4 Å². The number of aromatic nitrogens is 2. The number of carbonyl (C=O) groups excluding carboxylic acids is 2. The minimum Gasteiger partial charge on any atom is -0.494 e. The molecule has 0 bridgehead atoms. The molecule has 6 heteroatoms. The largest absolute Gasteiger partial charge is 0.512 e. The van der Waals surface area contributed by atoms with Crippen LogP contribution in [0.15, 0.2) is 54.7 Å². The fraction of sp³-hybridized carbons (Fsp3) is 0.111. The van der Waals surface area contributed by atoms with Crippen LogP contribution in [-0.2, 0) is 0 Å². The van der Waals surface area contributed by atoms with Crippen LogP contribution >= 0.6 is 0 Å². The Hall–Kier alpha value is -3.28. The van der Waals surface area contributed by atoms with Gasteiger partial charge in [0.05, 0.1) is 12.8 Å². The van der Waals surface area contributed by atoms with E-state index in [-0.39, 0.29) is 5.69 Å². The molecule has 0 saturated carbocycles. The summed E-state index contributed by atoms with van der Waals surface area (Å²) in [6.07, 6.45) is 1.44. The Morgan fingerprint density at radius 2 is 1.96 bits per heavy atom. The monoisotopic (exact) mass is 320 g/mol. The lowest BCUT2D eigenvalue weighted by Gasteiger charge is -2.07. The maximum atomic E-state index is 12.9. The number of anilines is 1. The normalized spacial score (nSPS) is 13.5. The molecule has 0 atom stereocenters. The van der Waals surface area contributed by atoms with Crippen LogP contribution in [0.1, 0.15) is 17.4 Å². The highest BCUT2D eigenvalue weighted by atomic mass is 16.5. The molecule has 3 aromatic rings. The Morgan fingerprint density at radius 3 is 2.79 bits per heavy atom. The third-order valence-corrected chi connectivity index (χ3v) is 3.88. The van der Waals surface area contributed by atoms with Gasteiger partial charge in [0.1, 0.15) is 17.0 Å². The van der Waals surface area contributed by atoms with Gasteiger partial charge >= 0.3 is 11.9 Å². The van der Waals surface area contributed by atoms with Crippen molar-refractivity contribution in [2.24, 2.45) is 0 Å². The Balaban J connectivity index is 1.85. The number of fused-ring (bicyclic) bond motifs is 3. The zero-order valence-electron chi connectivity index (χ0n) is 13.0. The minimum atomic E-state index is -0.415. The van der Waals surface area contributed by atoms with Gasteiger partial charge in [-0.05, 0) is 31.2 Å². The first-order valence-corrected chi connectivity index (χ1v) is 7.62. The molecule has 1 aromatic heterocycles. The Bertz CT molecular complexity index is 984. The SMILES string of the molecule is CCOc1cccc(N2C(=O)c3cnc4ccccc4[n+]3C2=O)c1. The first kappa shape index (κ1) is 14.3. The molecule has 0 spiro atoms. The number of rotatable bonds is 3. The molecule has 0 saturated heterocycles. The van der Waals surface area contributed by atoms with Crippen molar-refractivity contribution in [3.05, 3.63) is 60.4 Å². The van der Waals surface area contributed by atoms with E-state index < -0.39 is 11.9 Å². The highest BCUT2D eigenvalue weighted by Crippen LogP contribution is 2.25. The molecule has 4 rings (SSSR count). The minimum absolute atomic E-state index is 0.250. The first-order chi connectivity index (χ1) is 11.7. The van der Waals surface area contributed by atoms with Gasteiger partial charge in [-0.1, -0.05) is 18.2 Å². The predicted octanol–water partition coefficient (Wildman–Crippen LogP) is 2.55. The number of benzene rings is 2. The van der Waals surface area contributed by atoms with Crippen LogP contribution in [0.5, 0.6) is 5.75 Å². The second-order valence-electron chi connectivity index (χ2n) is 5.32. The topological polar surface area (TPSA) is 63.4 Å². The summed E-state index contributed by atoms with van der Waals surface area (Å²) in [6.45, 7) is 2.39. The van der Waals surface area contributed by atoms with E-state index in [0.29, 0.717) is 29.1 Å². The van der Waals surface area contributed by atoms with Crippen LogP contribution in [-0.4, -0.2) is 23.5 Å². The molecule has 0 unspecified atom stereocenters. The molecule has 1 aliphatic rings. The lowest BCUT2D eigenvalue weighted by Crippen LogP contribution is -2.46. The van der Waals surface area contributed by atoms with Crippen LogP contribution < -0.4 is 14.2 Å². The van der Waals surface area contributed by atoms with Crippen LogP contribution in [0.25, 0.3) is 11.0 Å². The van der Waals surface area contributed by atoms with E-state index in [4.69, 9.17) is 4.74 Å². The highest BCUT2D eigenvalue weighted by Gasteiger charge is 2.48. The molecule has 0 fully saturated rings. The smallest absolute Gasteiger partial charge is 0.494 e. The fourth-order valence-electron chi connectivity index (χ4n) is 2.85. The Kier molecular flexibility index (Phi) is 3.23. The van der Waals surface area contributed by atoms with E-state index in [1.807, 2.05) is 19.1 Å². The number of para-hydroxylation sites is 2. The summed E-state index contributed by atoms with van der Waals surface area (Å²) < 4.78 is 6.86. The fourth-order valence-corrected chi connectivity index (χ4v) is 2.85. The number of amides is 2. The van der Waals surface area contributed by atoms with Crippen molar-refractivity contribution >= 4 is 28.7 Å². The Labute approximate surface area is 137 Å². The quantitative estimate of drug-likeness (QED) is 0.696. The second-order valence-corrected chi connectivity index (χ2v) is 5.32. The second kappa shape index (κ2) is 5.42. The van der Waals surface area contributed by atoms with Crippen molar-refractivity contribution in [2.45, 2.75) is 6.92 Å². The van der Waals surface area contributed by atoms with Crippen LogP contribution in [0, 0.1) is 0 Å². The van der Waals surface area contributed by atoms with Gasteiger partial charge in [0, 0.05) is 6.07 Å².